The molecule has 472 valence electrons. The Kier molecular flexibility index (Phi) is 28.5. The molecule has 1 aromatic carbocycles. The van der Waals surface area contributed by atoms with Crippen molar-refractivity contribution < 1.29 is 108 Å². The number of carbonyl (C=O) groups is 11. The molecule has 0 aliphatic carbocycles. The number of aliphatic carboxylic acids is 1. The number of primary amides is 1. The number of aliphatic hydroxyl groups excluding tert-OH is 6. The second-order valence-electron chi connectivity index (χ2n) is 20.0. The third-order valence-corrected chi connectivity index (χ3v) is 13.6. The molecule has 2 aliphatic rings. The molecule has 0 aromatic heterocycles. The van der Waals surface area contributed by atoms with Gasteiger partial charge in [0, 0.05) is 38.8 Å². The van der Waals surface area contributed by atoms with Gasteiger partial charge in [-0.2, -0.15) is 0 Å². The maximum Gasteiger partial charge on any atom is 0.303 e. The van der Waals surface area contributed by atoms with Crippen LogP contribution in [-0.4, -0.2) is 242 Å². The zero-order valence-corrected chi connectivity index (χ0v) is 47.1. The number of rotatable bonds is 32. The lowest BCUT2D eigenvalue weighted by atomic mass is 9.90. The average Bonchev–Trinajstić information content (AvgIpc) is 2.03. The minimum absolute atomic E-state index is 0.0285. The van der Waals surface area contributed by atoms with Crippen molar-refractivity contribution in [2.75, 3.05) is 33.5 Å². The van der Waals surface area contributed by atoms with E-state index >= 15 is 4.79 Å². The lowest BCUT2D eigenvalue weighted by molar-refractivity contribution is -0.219. The summed E-state index contributed by atoms with van der Waals surface area (Å²) in [4.78, 5) is 146. The smallest absolute Gasteiger partial charge is 0.303 e. The number of hydrogen-bond donors (Lipinski definition) is 19. The SMILES string of the molecule is COc1ccc(CN(C(=O)[C@H](CC(=O)N[C@@H]2O[C@H](CO)[C@@H](N[C@@H]3O[C@H](CO)[C@@H](O)[C@H](O)[C@H]3NC(C)=O)[C@H](O)[C@H]2NC(C)=O)NC(=O)[C@H](CCC(=O)O)NC(C)=O)[C@@H](C)C(=O)N[C@@H](CO)C(=O)N[C@@H](CCCCN)C(=O)N[C@@H](C)C(N)=O)c(O)c1. The van der Waals surface area contributed by atoms with Gasteiger partial charge in [-0.1, -0.05) is 0 Å². The number of methoxy groups -OCH3 is 1. The second-order valence-corrected chi connectivity index (χ2v) is 20.0. The van der Waals surface area contributed by atoms with E-state index in [1.165, 1.54) is 26.2 Å². The zero-order valence-electron chi connectivity index (χ0n) is 47.1. The first kappa shape index (κ1) is 70.9. The number of amides is 10. The second kappa shape index (κ2) is 33.8. The van der Waals surface area contributed by atoms with Gasteiger partial charge in [0.1, 0.15) is 84.4 Å². The Bertz CT molecular complexity index is 2480. The summed E-state index contributed by atoms with van der Waals surface area (Å²) in [5.74, 6) is -12.0. The fourth-order valence-electron chi connectivity index (χ4n) is 9.00. The van der Waals surface area contributed by atoms with Gasteiger partial charge in [0.05, 0.1) is 58.1 Å². The van der Waals surface area contributed by atoms with Gasteiger partial charge in [-0.3, -0.25) is 58.1 Å². The molecule has 2 heterocycles. The number of aromatic hydroxyl groups is 1. The number of nitrogens with zero attached hydrogens (tertiary/aromatic N) is 1. The molecule has 0 unspecified atom stereocenters. The highest BCUT2D eigenvalue weighted by atomic mass is 16.5. The van der Waals surface area contributed by atoms with Crippen LogP contribution in [0.25, 0.3) is 0 Å². The number of carboxylic acids is 1. The molecule has 0 spiro atoms. The molecule has 0 saturated carbocycles. The van der Waals surface area contributed by atoms with E-state index in [-0.39, 0.29) is 24.3 Å². The number of carbonyl (C=O) groups excluding carboxylic acids is 10. The summed E-state index contributed by atoms with van der Waals surface area (Å²) >= 11 is 0. The van der Waals surface area contributed by atoms with Crippen LogP contribution in [0.2, 0.25) is 0 Å². The largest absolute Gasteiger partial charge is 0.507 e. The fourth-order valence-corrected chi connectivity index (χ4v) is 9.00. The van der Waals surface area contributed by atoms with Crippen molar-refractivity contribution in [3.8, 4) is 11.5 Å². The van der Waals surface area contributed by atoms with Crippen LogP contribution in [0.4, 0.5) is 0 Å². The molecule has 2 aliphatic heterocycles. The first-order chi connectivity index (χ1) is 39.5. The molecule has 3 rings (SSSR count). The molecule has 34 nitrogen and oxygen atoms in total. The van der Waals surface area contributed by atoms with Crippen LogP contribution < -0.4 is 64.1 Å². The summed E-state index contributed by atoms with van der Waals surface area (Å²) in [5.41, 5.74) is 10.8. The van der Waals surface area contributed by atoms with Crippen LogP contribution in [0.15, 0.2) is 18.2 Å². The van der Waals surface area contributed by atoms with Gasteiger partial charge in [0.2, 0.25) is 59.1 Å². The molecule has 0 bridgehead atoms. The van der Waals surface area contributed by atoms with Gasteiger partial charge in [0.25, 0.3) is 0 Å². The highest BCUT2D eigenvalue weighted by Crippen LogP contribution is 2.28. The van der Waals surface area contributed by atoms with E-state index in [0.717, 1.165) is 38.7 Å². The van der Waals surface area contributed by atoms with Crippen LogP contribution >= 0.6 is 0 Å². The molecule has 34 heteroatoms. The van der Waals surface area contributed by atoms with E-state index in [9.17, 15) is 88.8 Å². The number of aliphatic hydroxyl groups is 6. The minimum Gasteiger partial charge on any atom is -0.507 e. The third kappa shape index (κ3) is 20.7. The van der Waals surface area contributed by atoms with Gasteiger partial charge < -0.3 is 114 Å². The normalized spacial score (nSPS) is 24.2. The van der Waals surface area contributed by atoms with Gasteiger partial charge in [-0.05, 0) is 58.2 Å². The Hall–Kier alpha value is -7.41. The van der Waals surface area contributed by atoms with Crippen LogP contribution in [-0.2, 0) is 68.8 Å². The molecule has 16 atom stereocenters. The molecule has 2 fully saturated rings. The Balaban J connectivity index is 2.13. The molecular weight excluding hydrogens is 1120 g/mol. The Labute approximate surface area is 481 Å². The summed E-state index contributed by atoms with van der Waals surface area (Å²) in [6, 6.07) is -10.9. The zero-order chi connectivity index (χ0) is 63.3. The summed E-state index contributed by atoms with van der Waals surface area (Å²) < 4.78 is 16.9. The number of nitrogens with two attached hydrogens (primary N) is 2. The van der Waals surface area contributed by atoms with Crippen molar-refractivity contribution in [1.82, 2.24) is 52.8 Å². The predicted octanol–water partition coefficient (Wildman–Crippen LogP) is -8.96. The summed E-state index contributed by atoms with van der Waals surface area (Å²) in [6.07, 6.45) is -13.6. The number of carboxylic acid groups (broad SMARTS) is 1. The number of phenols is 1. The first-order valence-corrected chi connectivity index (χ1v) is 26.7. The van der Waals surface area contributed by atoms with Crippen molar-refractivity contribution in [3.05, 3.63) is 23.8 Å². The Morgan fingerprint density at radius 1 is 0.667 bits per heavy atom. The number of benzene rings is 1. The summed E-state index contributed by atoms with van der Waals surface area (Å²) in [5, 5.41) is 106. The fraction of sp³-hybridized carbons (Fsp3) is 0.660. The lowest BCUT2D eigenvalue weighted by Crippen LogP contribution is -2.75. The molecule has 10 amide bonds. The van der Waals surface area contributed by atoms with Crippen molar-refractivity contribution >= 4 is 65.0 Å². The molecule has 1 aromatic rings. The van der Waals surface area contributed by atoms with E-state index in [2.05, 4.69) is 47.9 Å². The van der Waals surface area contributed by atoms with Crippen LogP contribution in [0.3, 0.4) is 0 Å². The maximum absolute atomic E-state index is 15.2. The summed E-state index contributed by atoms with van der Waals surface area (Å²) in [7, 11) is 1.28. The highest BCUT2D eigenvalue weighted by molar-refractivity contribution is 5.98. The standard InChI is InChI=1S/C50H80N12O22/c1-21(43(52)76)53-45(78)28(9-7-8-14-51)57-47(80)31(18-63)59-44(77)22(2)62(17-26-10-11-27(82-6)15-32(26)69)50(81)30(58-46(79)29(54-23(3)66)12-13-36(71)72)16-35(70)60-48-38(55-24(4)67)41(74)37(33(19-64)83-48)61-49-39(56-25(5)68)42(75)40(73)34(20-65)84-49/h10-11,15,21-22,28-31,33-34,37-42,48-49,61,63-65,69,73-75H,7-9,12-14,16-20,51H2,1-6H3,(H2,52,76)(H,53,78)(H,54,66)(H,55,67)(H,56,68)(H,57,80)(H,58,79)(H,59,77)(H,60,70)(H,71,72)/t21-,22-,28-,29-,30-,31-,33+,34+,37+,38+,39+,40+,41-,42+,48+,49+/m0/s1. The monoisotopic (exact) mass is 1200 g/mol. The number of hydrogen-bond acceptors (Lipinski definition) is 23. The quantitative estimate of drug-likeness (QED) is 0.0298. The molecule has 84 heavy (non-hydrogen) atoms. The van der Waals surface area contributed by atoms with Crippen molar-refractivity contribution in [2.45, 2.75) is 177 Å². The number of ether oxygens (including phenoxy) is 3. The van der Waals surface area contributed by atoms with E-state index in [0.29, 0.717) is 12.8 Å². The molecule has 2 saturated heterocycles. The van der Waals surface area contributed by atoms with Crippen LogP contribution in [0.1, 0.15) is 78.7 Å². The lowest BCUT2D eigenvalue weighted by Gasteiger charge is -2.49. The van der Waals surface area contributed by atoms with Gasteiger partial charge in [-0.15, -0.1) is 0 Å². The van der Waals surface area contributed by atoms with E-state index < -0.39 is 214 Å². The molecule has 21 N–H and O–H groups in total. The van der Waals surface area contributed by atoms with Crippen molar-refractivity contribution in [2.24, 2.45) is 11.5 Å². The third-order valence-electron chi connectivity index (χ3n) is 13.6. The van der Waals surface area contributed by atoms with Crippen molar-refractivity contribution in [1.29, 1.82) is 0 Å². The van der Waals surface area contributed by atoms with Crippen LogP contribution in [0, 0.1) is 0 Å². The van der Waals surface area contributed by atoms with E-state index in [4.69, 9.17) is 25.7 Å². The Morgan fingerprint density at radius 2 is 1.23 bits per heavy atom. The molecule has 0 radical (unpaired) electrons. The van der Waals surface area contributed by atoms with Gasteiger partial charge in [-0.25, -0.2) is 0 Å². The molecular formula is C50H80N12O22. The topological polar surface area (TPSA) is 541 Å². The Morgan fingerprint density at radius 3 is 1.76 bits per heavy atom. The van der Waals surface area contributed by atoms with E-state index in [1.54, 1.807) is 0 Å². The van der Waals surface area contributed by atoms with Gasteiger partial charge >= 0.3 is 5.97 Å². The maximum atomic E-state index is 15.2. The van der Waals surface area contributed by atoms with Crippen LogP contribution in [0.5, 0.6) is 11.5 Å². The minimum atomic E-state index is -2.16. The number of unbranched alkanes of at least 4 members (excludes halogenated alkanes) is 1. The van der Waals surface area contributed by atoms with Gasteiger partial charge in [0.15, 0.2) is 6.23 Å². The van der Waals surface area contributed by atoms with E-state index in [1.807, 2.05) is 0 Å². The number of nitrogens with one attached hydrogen (secondary N) is 9. The van der Waals surface area contributed by atoms with Crippen molar-refractivity contribution in [3.63, 3.8) is 0 Å². The first-order valence-electron chi connectivity index (χ1n) is 26.7. The average molecular weight is 1200 g/mol. The number of phenolic OH excluding ortho intramolecular Hbond substituents is 1. The predicted molar refractivity (Wildman–Crippen MR) is 286 cm³/mol. The summed E-state index contributed by atoms with van der Waals surface area (Å²) in [6.45, 7) is 2.04. The highest BCUT2D eigenvalue weighted by Gasteiger charge is 2.51.